The van der Waals surface area contributed by atoms with Crippen molar-refractivity contribution in [2.45, 2.75) is 13.5 Å². The minimum atomic E-state index is 0.494. The van der Waals surface area contributed by atoms with Gasteiger partial charge in [-0.2, -0.15) is 5.10 Å². The molecule has 1 aliphatic rings. The minimum absolute atomic E-state index is 0.494. The fourth-order valence-electron chi connectivity index (χ4n) is 3.63. The van der Waals surface area contributed by atoms with Crippen LogP contribution in [0.25, 0.3) is 16.9 Å². The SMILES string of the molecule is Cc1ccc(C=NCc2cc(N3CCOCC3)c3nc(-c4ccncc4)cn3n2)[nH]1. The molecular formula is C22H23N7O. The summed E-state index contributed by atoms with van der Waals surface area (Å²) in [5.74, 6) is 0. The van der Waals surface area contributed by atoms with Gasteiger partial charge in [-0.3, -0.25) is 9.98 Å². The highest BCUT2D eigenvalue weighted by atomic mass is 16.5. The van der Waals surface area contributed by atoms with E-state index >= 15 is 0 Å². The first-order valence-corrected chi connectivity index (χ1v) is 10.0. The first kappa shape index (κ1) is 18.5. The summed E-state index contributed by atoms with van der Waals surface area (Å²) in [5.41, 5.74) is 6.80. The van der Waals surface area contributed by atoms with Crippen molar-refractivity contribution in [3.05, 3.63) is 66.0 Å². The van der Waals surface area contributed by atoms with Gasteiger partial charge in [0.05, 0.1) is 48.7 Å². The lowest BCUT2D eigenvalue weighted by Crippen LogP contribution is -2.36. The second-order valence-corrected chi connectivity index (χ2v) is 7.32. The Balaban J connectivity index is 1.51. The van der Waals surface area contributed by atoms with Crippen LogP contribution in [0.2, 0.25) is 0 Å². The van der Waals surface area contributed by atoms with Crippen molar-refractivity contribution < 1.29 is 4.74 Å². The summed E-state index contributed by atoms with van der Waals surface area (Å²) in [6.45, 7) is 5.62. The van der Waals surface area contributed by atoms with Gasteiger partial charge in [0.25, 0.3) is 0 Å². The number of morpholine rings is 1. The Bertz CT molecular complexity index is 1170. The van der Waals surface area contributed by atoms with Crippen molar-refractivity contribution in [1.82, 2.24) is 24.6 Å². The second-order valence-electron chi connectivity index (χ2n) is 7.32. The quantitative estimate of drug-likeness (QED) is 0.520. The van der Waals surface area contributed by atoms with E-state index in [4.69, 9.17) is 14.8 Å². The van der Waals surface area contributed by atoms with Gasteiger partial charge in [-0.05, 0) is 37.3 Å². The third-order valence-corrected chi connectivity index (χ3v) is 5.12. The van der Waals surface area contributed by atoms with E-state index in [1.165, 1.54) is 0 Å². The standard InChI is InChI=1S/C22H23N7O/c1-16-2-3-18(25-16)13-24-14-19-12-21(28-8-10-30-11-9-28)22-26-20(15-29(22)27-19)17-4-6-23-7-5-17/h2-7,12-13,15,25H,8-11,14H2,1H3. The first-order chi connectivity index (χ1) is 14.8. The number of H-pyrrole nitrogens is 1. The fourth-order valence-corrected chi connectivity index (χ4v) is 3.63. The van der Waals surface area contributed by atoms with Crippen LogP contribution in [-0.4, -0.2) is 57.1 Å². The normalized spacial score (nSPS) is 14.8. The summed E-state index contributed by atoms with van der Waals surface area (Å²) in [7, 11) is 0. The number of aliphatic imine (C=N–C) groups is 1. The molecule has 8 nitrogen and oxygen atoms in total. The van der Waals surface area contributed by atoms with Crippen LogP contribution in [0.15, 0.2) is 53.9 Å². The minimum Gasteiger partial charge on any atom is -0.378 e. The predicted molar refractivity (Wildman–Crippen MR) is 116 cm³/mol. The van der Waals surface area contributed by atoms with Crippen molar-refractivity contribution in [1.29, 1.82) is 0 Å². The molecule has 0 atom stereocenters. The summed E-state index contributed by atoms with van der Waals surface area (Å²) in [6.07, 6.45) is 7.37. The Morgan fingerprint density at radius 1 is 1.17 bits per heavy atom. The van der Waals surface area contributed by atoms with Crippen LogP contribution >= 0.6 is 0 Å². The Kier molecular flexibility index (Phi) is 4.98. The lowest BCUT2D eigenvalue weighted by Gasteiger charge is -2.29. The monoisotopic (exact) mass is 401 g/mol. The van der Waals surface area contributed by atoms with Gasteiger partial charge >= 0.3 is 0 Å². The lowest BCUT2D eigenvalue weighted by molar-refractivity contribution is 0.123. The Labute approximate surface area is 174 Å². The number of ether oxygens (including phenoxy) is 1. The van der Waals surface area contributed by atoms with Crippen LogP contribution in [-0.2, 0) is 11.3 Å². The lowest BCUT2D eigenvalue weighted by atomic mass is 10.2. The van der Waals surface area contributed by atoms with Crippen LogP contribution < -0.4 is 4.90 Å². The number of aromatic nitrogens is 5. The Morgan fingerprint density at radius 2 is 2.00 bits per heavy atom. The molecule has 1 saturated heterocycles. The van der Waals surface area contributed by atoms with Crippen LogP contribution in [0.3, 0.4) is 0 Å². The molecule has 1 aliphatic heterocycles. The van der Waals surface area contributed by atoms with E-state index in [9.17, 15) is 0 Å². The number of anilines is 1. The third-order valence-electron chi connectivity index (χ3n) is 5.12. The molecule has 4 aromatic rings. The number of nitrogens with one attached hydrogen (secondary N) is 1. The van der Waals surface area contributed by atoms with Gasteiger partial charge < -0.3 is 14.6 Å². The van der Waals surface area contributed by atoms with Crippen molar-refractivity contribution in [2.75, 3.05) is 31.2 Å². The number of aryl methyl sites for hydroxylation is 1. The number of rotatable bonds is 5. The van der Waals surface area contributed by atoms with Crippen LogP contribution in [0, 0.1) is 6.92 Å². The topological polar surface area (TPSA) is 83.7 Å². The first-order valence-electron chi connectivity index (χ1n) is 10.0. The summed E-state index contributed by atoms with van der Waals surface area (Å²) in [5, 5.41) is 4.77. The molecule has 0 spiro atoms. The zero-order valence-electron chi connectivity index (χ0n) is 16.8. The molecule has 30 heavy (non-hydrogen) atoms. The number of pyridine rings is 1. The molecular weight excluding hydrogens is 378 g/mol. The summed E-state index contributed by atoms with van der Waals surface area (Å²) >= 11 is 0. The number of hydrogen-bond acceptors (Lipinski definition) is 6. The molecule has 0 radical (unpaired) electrons. The number of imidazole rings is 1. The highest BCUT2D eigenvalue weighted by molar-refractivity contribution is 5.77. The van der Waals surface area contributed by atoms with Crippen molar-refractivity contribution in [2.24, 2.45) is 4.99 Å². The van der Waals surface area contributed by atoms with E-state index in [0.29, 0.717) is 19.8 Å². The van der Waals surface area contributed by atoms with Crippen molar-refractivity contribution in [3.8, 4) is 11.3 Å². The van der Waals surface area contributed by atoms with Crippen LogP contribution in [0.4, 0.5) is 5.69 Å². The van der Waals surface area contributed by atoms with E-state index in [1.54, 1.807) is 12.4 Å². The largest absolute Gasteiger partial charge is 0.378 e. The van der Waals surface area contributed by atoms with Gasteiger partial charge in [0.2, 0.25) is 0 Å². The fraction of sp³-hybridized carbons (Fsp3) is 0.273. The molecule has 8 heteroatoms. The zero-order valence-corrected chi connectivity index (χ0v) is 16.8. The highest BCUT2D eigenvalue weighted by Crippen LogP contribution is 2.26. The summed E-state index contributed by atoms with van der Waals surface area (Å²) in [6, 6.07) is 10.1. The molecule has 0 unspecified atom stereocenters. The molecule has 1 fully saturated rings. The molecule has 0 amide bonds. The maximum absolute atomic E-state index is 5.54. The molecule has 5 heterocycles. The number of fused-ring (bicyclic) bond motifs is 1. The molecule has 0 aliphatic carbocycles. The van der Waals surface area contributed by atoms with E-state index in [2.05, 4.69) is 25.9 Å². The van der Waals surface area contributed by atoms with Gasteiger partial charge in [-0.1, -0.05) is 0 Å². The molecule has 1 N–H and O–H groups in total. The Hall–Kier alpha value is -3.52. The predicted octanol–water partition coefficient (Wildman–Crippen LogP) is 2.88. The van der Waals surface area contributed by atoms with Crippen LogP contribution in [0.5, 0.6) is 0 Å². The maximum Gasteiger partial charge on any atom is 0.177 e. The Morgan fingerprint density at radius 3 is 2.77 bits per heavy atom. The number of aromatic amines is 1. The molecule has 0 aromatic carbocycles. The molecule has 5 rings (SSSR count). The van der Waals surface area contributed by atoms with E-state index in [0.717, 1.165) is 52.8 Å². The van der Waals surface area contributed by atoms with E-state index in [-0.39, 0.29) is 0 Å². The average molecular weight is 401 g/mol. The summed E-state index contributed by atoms with van der Waals surface area (Å²) < 4.78 is 7.40. The third kappa shape index (κ3) is 3.81. The van der Waals surface area contributed by atoms with Gasteiger partial charge in [-0.25, -0.2) is 9.50 Å². The van der Waals surface area contributed by atoms with E-state index in [1.807, 2.05) is 48.1 Å². The number of nitrogens with zero attached hydrogens (tertiary/aromatic N) is 6. The zero-order chi connectivity index (χ0) is 20.3. The van der Waals surface area contributed by atoms with Crippen LogP contribution in [0.1, 0.15) is 17.1 Å². The molecule has 152 valence electrons. The van der Waals surface area contributed by atoms with Gasteiger partial charge in [0.1, 0.15) is 0 Å². The number of hydrogen-bond donors (Lipinski definition) is 1. The summed E-state index contributed by atoms with van der Waals surface area (Å²) in [4.78, 5) is 19.1. The maximum atomic E-state index is 5.54. The van der Waals surface area contributed by atoms with Gasteiger partial charge in [0.15, 0.2) is 5.65 Å². The van der Waals surface area contributed by atoms with E-state index < -0.39 is 0 Å². The molecule has 0 saturated carbocycles. The molecule has 0 bridgehead atoms. The van der Waals surface area contributed by atoms with Gasteiger partial charge in [0, 0.05) is 43.0 Å². The smallest absolute Gasteiger partial charge is 0.177 e. The van der Waals surface area contributed by atoms with Crippen molar-refractivity contribution in [3.63, 3.8) is 0 Å². The second kappa shape index (κ2) is 8.08. The average Bonchev–Trinajstić information content (AvgIpc) is 3.40. The van der Waals surface area contributed by atoms with Gasteiger partial charge in [-0.15, -0.1) is 0 Å². The van der Waals surface area contributed by atoms with Crippen molar-refractivity contribution >= 4 is 17.5 Å². The highest BCUT2D eigenvalue weighted by Gasteiger charge is 2.18. The molecule has 4 aromatic heterocycles.